The number of nitrogens with zero attached hydrogens (tertiary/aromatic N) is 4. The van der Waals surface area contributed by atoms with Crippen LogP contribution in [0.4, 0.5) is 34.1 Å². The Morgan fingerprint density at radius 3 is 1.33 bits per heavy atom. The Balaban J connectivity index is 1.28. The number of hydrogen-bond acceptors (Lipinski definition) is 10. The lowest BCUT2D eigenvalue weighted by Gasteiger charge is -2.15. The van der Waals surface area contributed by atoms with E-state index in [2.05, 4.69) is 41.7 Å². The Labute approximate surface area is 394 Å². The molecule has 0 bridgehead atoms. The number of alkyl halides is 1. The van der Waals surface area contributed by atoms with Crippen molar-refractivity contribution in [2.24, 2.45) is 20.5 Å². The number of hydrogen-bond donors (Lipinski definition) is 4. The fourth-order valence-electron chi connectivity index (χ4n) is 5.41. The van der Waals surface area contributed by atoms with Crippen molar-refractivity contribution in [1.29, 1.82) is 0 Å². The maximum atomic E-state index is 13.4. The van der Waals surface area contributed by atoms with Crippen molar-refractivity contribution in [1.82, 2.24) is 0 Å². The van der Waals surface area contributed by atoms with Crippen LogP contribution < -0.4 is 21.3 Å². The summed E-state index contributed by atoms with van der Waals surface area (Å²) in [5, 5.41) is 27.8. The van der Waals surface area contributed by atoms with Crippen LogP contribution in [0.25, 0.3) is 0 Å². The first-order valence-electron chi connectivity index (χ1n) is 18.2. The Kier molecular flexibility index (Phi) is 17.2. The molecule has 0 fully saturated rings. The normalized spacial score (nSPS) is 12.1. The number of amides is 4. The first-order chi connectivity index (χ1) is 29.9. The summed E-state index contributed by atoms with van der Waals surface area (Å²) in [4.78, 5) is 77.9. The van der Waals surface area contributed by atoms with Gasteiger partial charge >= 0.3 is 0 Å². The molecule has 4 N–H and O–H groups in total. The van der Waals surface area contributed by atoms with Crippen LogP contribution in [0.3, 0.4) is 0 Å². The summed E-state index contributed by atoms with van der Waals surface area (Å²) in [5.74, 6) is -3.99. The fourth-order valence-corrected chi connectivity index (χ4v) is 6.52. The molecular formula is C42H31Cl7N8O6. The van der Waals surface area contributed by atoms with Crippen molar-refractivity contribution in [2.75, 3.05) is 27.1 Å². The van der Waals surface area contributed by atoms with Gasteiger partial charge in [0.1, 0.15) is 11.4 Å². The maximum absolute atomic E-state index is 13.4. The third-order valence-electron chi connectivity index (χ3n) is 8.59. The van der Waals surface area contributed by atoms with Crippen molar-refractivity contribution in [3.05, 3.63) is 138 Å². The van der Waals surface area contributed by atoms with Gasteiger partial charge in [0.2, 0.25) is 12.1 Å². The molecule has 5 rings (SSSR count). The van der Waals surface area contributed by atoms with E-state index in [1.165, 1.54) is 78.9 Å². The van der Waals surface area contributed by atoms with Crippen LogP contribution in [0, 0.1) is 0 Å². The summed E-state index contributed by atoms with van der Waals surface area (Å²) >= 11 is 42.7. The SMILES string of the molecule is CC(=O)C(N=Nc1cc(C(=O)Nc2ccc(Cl)c(Cl)c2)ccc1Cl)C(=O)Nc1ccc(NC(=O)C(N=Nc2cc(C(=O)Nc3ccc(Cl)c(Cl)c3)ccc2Cl)C(C)=O)c(CCCl)c1. The Bertz CT molecular complexity index is 2700. The molecule has 5 aromatic rings. The number of ketones is 2. The second-order valence-corrected chi connectivity index (χ2v) is 16.1. The van der Waals surface area contributed by atoms with E-state index in [1.54, 1.807) is 12.1 Å². The van der Waals surface area contributed by atoms with Crippen molar-refractivity contribution < 1.29 is 28.8 Å². The smallest absolute Gasteiger partial charge is 0.258 e. The monoisotopic (exact) mass is 988 g/mol. The molecule has 0 aliphatic rings. The zero-order valence-electron chi connectivity index (χ0n) is 32.6. The van der Waals surface area contributed by atoms with Crippen LogP contribution in [-0.4, -0.2) is 53.2 Å². The second-order valence-electron chi connectivity index (χ2n) is 13.2. The van der Waals surface area contributed by atoms with Gasteiger partial charge in [-0.25, -0.2) is 0 Å². The summed E-state index contributed by atoms with van der Waals surface area (Å²) in [7, 11) is 0. The van der Waals surface area contributed by atoms with Crippen molar-refractivity contribution >= 4 is 151 Å². The quantitative estimate of drug-likeness (QED) is 0.0430. The van der Waals surface area contributed by atoms with E-state index in [0.29, 0.717) is 27.0 Å². The zero-order chi connectivity index (χ0) is 46.0. The molecule has 4 amide bonds. The molecular weight excluding hydrogens is 961 g/mol. The molecule has 2 atom stereocenters. The standard InChI is InChI=1S/C42H31Cl7N8O6/c1-20(58)37(56-54-35-16-23(3-8-30(35)46)39(60)50-26-5-10-28(44)32(48)18-26)41(62)52-25-7-12-34(22(15-25)13-14-43)53-42(63)38(21(2)59)57-55-36-17-24(4-9-31(36)47)40(61)51-27-6-11-29(45)33(49)19-27/h3-12,15-19,37-38H,13-14H2,1-2H3,(H,50,60)(H,51,61)(H,52,62)(H,53,63). The van der Waals surface area contributed by atoms with Gasteiger partial charge < -0.3 is 21.3 Å². The van der Waals surface area contributed by atoms with Crippen LogP contribution in [0.2, 0.25) is 30.1 Å². The summed E-state index contributed by atoms with van der Waals surface area (Å²) in [6.07, 6.45) is 0.198. The minimum absolute atomic E-state index is 0.00387. The van der Waals surface area contributed by atoms with Gasteiger partial charge in [0.05, 0.1) is 30.1 Å². The number of rotatable bonds is 16. The predicted octanol–water partition coefficient (Wildman–Crippen LogP) is 12.3. The average molecular weight is 992 g/mol. The number of anilines is 4. The van der Waals surface area contributed by atoms with E-state index in [1.807, 2.05) is 0 Å². The lowest BCUT2D eigenvalue weighted by molar-refractivity contribution is -0.127. The van der Waals surface area contributed by atoms with Crippen LogP contribution >= 0.6 is 81.2 Å². The van der Waals surface area contributed by atoms with Gasteiger partial charge in [-0.3, -0.25) is 28.8 Å². The molecule has 0 heterocycles. The molecule has 63 heavy (non-hydrogen) atoms. The number of azo groups is 2. The highest BCUT2D eigenvalue weighted by atomic mass is 35.5. The van der Waals surface area contributed by atoms with E-state index in [9.17, 15) is 28.8 Å². The first kappa shape index (κ1) is 48.6. The number of halogens is 7. The number of carbonyl (C=O) groups is 6. The first-order valence-corrected chi connectivity index (χ1v) is 21.0. The number of nitrogens with one attached hydrogen (secondary N) is 4. The zero-order valence-corrected chi connectivity index (χ0v) is 37.9. The third kappa shape index (κ3) is 13.3. The molecule has 0 radical (unpaired) electrons. The Morgan fingerprint density at radius 1 is 0.492 bits per heavy atom. The van der Waals surface area contributed by atoms with Gasteiger partial charge in [-0.1, -0.05) is 69.6 Å². The lowest BCUT2D eigenvalue weighted by Crippen LogP contribution is -2.32. The Hall–Kier alpha value is -5.45. The maximum Gasteiger partial charge on any atom is 0.258 e. The summed E-state index contributed by atoms with van der Waals surface area (Å²) < 4.78 is 0. The average Bonchev–Trinajstić information content (AvgIpc) is 3.22. The predicted molar refractivity (Wildman–Crippen MR) is 248 cm³/mol. The van der Waals surface area contributed by atoms with Gasteiger partial charge in [0, 0.05) is 39.8 Å². The van der Waals surface area contributed by atoms with Crippen molar-refractivity contribution in [2.45, 2.75) is 32.4 Å². The van der Waals surface area contributed by atoms with Crippen LogP contribution in [-0.2, 0) is 25.6 Å². The van der Waals surface area contributed by atoms with Gasteiger partial charge in [-0.2, -0.15) is 20.5 Å². The summed E-state index contributed by atoms with van der Waals surface area (Å²) in [6, 6.07) is 18.6. The molecule has 0 aromatic heterocycles. The highest BCUT2D eigenvalue weighted by Crippen LogP contribution is 2.31. The molecule has 21 heteroatoms. The Morgan fingerprint density at radius 2 is 0.905 bits per heavy atom. The molecule has 2 unspecified atom stereocenters. The van der Waals surface area contributed by atoms with Crippen LogP contribution in [0.1, 0.15) is 40.1 Å². The largest absolute Gasteiger partial charge is 0.324 e. The minimum Gasteiger partial charge on any atom is -0.324 e. The topological polar surface area (TPSA) is 200 Å². The molecule has 14 nitrogen and oxygen atoms in total. The highest BCUT2D eigenvalue weighted by molar-refractivity contribution is 6.42. The van der Waals surface area contributed by atoms with Crippen molar-refractivity contribution in [3.63, 3.8) is 0 Å². The van der Waals surface area contributed by atoms with Gasteiger partial charge in [0.15, 0.2) is 11.6 Å². The van der Waals surface area contributed by atoms with Gasteiger partial charge in [-0.15, -0.1) is 11.6 Å². The third-order valence-corrected chi connectivity index (χ3v) is 10.9. The summed E-state index contributed by atoms with van der Waals surface area (Å²) in [6.45, 7) is 2.29. The molecule has 0 aliphatic carbocycles. The summed E-state index contributed by atoms with van der Waals surface area (Å²) in [5.41, 5.74) is 1.93. The number of aryl methyl sites for hydroxylation is 1. The highest BCUT2D eigenvalue weighted by Gasteiger charge is 2.26. The van der Waals surface area contributed by atoms with Gasteiger partial charge in [0.25, 0.3) is 23.6 Å². The van der Waals surface area contributed by atoms with E-state index in [0.717, 1.165) is 13.8 Å². The van der Waals surface area contributed by atoms with Crippen LogP contribution in [0.15, 0.2) is 111 Å². The van der Waals surface area contributed by atoms with Crippen LogP contribution in [0.5, 0.6) is 0 Å². The van der Waals surface area contributed by atoms with Crippen molar-refractivity contribution in [3.8, 4) is 0 Å². The van der Waals surface area contributed by atoms with Gasteiger partial charge in [-0.05, 0) is 117 Å². The number of carbonyl (C=O) groups excluding carboxylic acids is 6. The molecule has 0 saturated carbocycles. The van der Waals surface area contributed by atoms with E-state index < -0.39 is 47.3 Å². The molecule has 324 valence electrons. The second kappa shape index (κ2) is 22.3. The number of benzene rings is 5. The molecule has 0 saturated heterocycles. The molecule has 0 spiro atoms. The lowest BCUT2D eigenvalue weighted by atomic mass is 10.1. The van der Waals surface area contributed by atoms with E-state index in [-0.39, 0.29) is 66.3 Å². The fraction of sp³-hybridized carbons (Fsp3) is 0.143. The minimum atomic E-state index is -1.63. The molecule has 0 aliphatic heterocycles. The molecule has 5 aromatic carbocycles. The number of Topliss-reactive ketones (excluding diaryl/α,β-unsaturated/α-hetero) is 2. The van der Waals surface area contributed by atoms with E-state index in [4.69, 9.17) is 81.2 Å². The van der Waals surface area contributed by atoms with E-state index >= 15 is 0 Å².